The zero-order valence-electron chi connectivity index (χ0n) is 6.18. The summed E-state index contributed by atoms with van der Waals surface area (Å²) in [6, 6.07) is 0. The lowest BCUT2D eigenvalue weighted by Gasteiger charge is -2.33. The second-order valence-electron chi connectivity index (χ2n) is 3.12. The van der Waals surface area contributed by atoms with E-state index in [1.54, 1.807) is 0 Å². The fraction of sp³-hybridized carbons (Fsp3) is 1.00. The van der Waals surface area contributed by atoms with E-state index in [4.69, 9.17) is 9.31 Å². The maximum absolute atomic E-state index is 5.19. The van der Waals surface area contributed by atoms with Crippen molar-refractivity contribution < 1.29 is 9.31 Å². The van der Waals surface area contributed by atoms with Gasteiger partial charge in [-0.2, -0.15) is 0 Å². The van der Waals surface area contributed by atoms with Crippen LogP contribution in [0.2, 0.25) is 0 Å². The molecule has 1 radical (unpaired) electrons. The highest BCUT2D eigenvalue weighted by atomic mass is 16.6. The third-order valence-electron chi connectivity index (χ3n) is 1.43. The maximum Gasteiger partial charge on any atom is 0.488 e. The van der Waals surface area contributed by atoms with Gasteiger partial charge in [-0.3, -0.25) is 0 Å². The molecule has 0 bridgehead atoms. The van der Waals surface area contributed by atoms with Crippen LogP contribution in [0.15, 0.2) is 0 Å². The Kier molecular flexibility index (Phi) is 1.82. The fourth-order valence-corrected chi connectivity index (χ4v) is 1.04. The molecule has 0 N–H and O–H groups in total. The van der Waals surface area contributed by atoms with E-state index in [1.807, 2.05) is 6.92 Å². The lowest BCUT2D eigenvalue weighted by Crippen LogP contribution is -2.38. The average molecular weight is 127 g/mol. The minimum absolute atomic E-state index is 0.0301. The maximum atomic E-state index is 5.19. The summed E-state index contributed by atoms with van der Waals surface area (Å²) >= 11 is 0. The van der Waals surface area contributed by atoms with Crippen LogP contribution in [-0.2, 0) is 9.31 Å². The van der Waals surface area contributed by atoms with Crippen LogP contribution < -0.4 is 0 Å². The molecule has 0 amide bonds. The first-order valence-corrected chi connectivity index (χ1v) is 3.25. The van der Waals surface area contributed by atoms with Crippen molar-refractivity contribution in [2.45, 2.75) is 38.9 Å². The Morgan fingerprint density at radius 1 is 1.56 bits per heavy atom. The van der Waals surface area contributed by atoms with Gasteiger partial charge in [-0.1, -0.05) is 0 Å². The van der Waals surface area contributed by atoms with Crippen LogP contribution >= 0.6 is 0 Å². The molecule has 1 aliphatic rings. The van der Waals surface area contributed by atoms with Crippen molar-refractivity contribution in [2.24, 2.45) is 0 Å². The first kappa shape index (κ1) is 7.10. The zero-order valence-corrected chi connectivity index (χ0v) is 6.18. The summed E-state index contributed by atoms with van der Waals surface area (Å²) in [5.74, 6) is 0. The number of rotatable bonds is 0. The standard InChI is InChI=1S/C6H12BO2/c1-5-4-6(2,3)9-7-8-5/h5H,4H2,1-3H3/t5-/m0/s1. The van der Waals surface area contributed by atoms with E-state index in [1.165, 1.54) is 7.69 Å². The molecule has 2 nitrogen and oxygen atoms in total. The van der Waals surface area contributed by atoms with Crippen LogP contribution in [0, 0.1) is 0 Å². The molecule has 1 saturated heterocycles. The van der Waals surface area contributed by atoms with Crippen molar-refractivity contribution in [3.63, 3.8) is 0 Å². The minimum atomic E-state index is -0.0301. The van der Waals surface area contributed by atoms with Gasteiger partial charge in [0.1, 0.15) is 0 Å². The monoisotopic (exact) mass is 127 g/mol. The molecule has 0 aliphatic carbocycles. The van der Waals surface area contributed by atoms with Gasteiger partial charge in [-0.15, -0.1) is 0 Å². The predicted molar refractivity (Wildman–Crippen MR) is 36.1 cm³/mol. The van der Waals surface area contributed by atoms with E-state index in [-0.39, 0.29) is 5.60 Å². The third-order valence-corrected chi connectivity index (χ3v) is 1.43. The Morgan fingerprint density at radius 2 is 2.22 bits per heavy atom. The van der Waals surface area contributed by atoms with Crippen molar-refractivity contribution >= 4 is 7.69 Å². The summed E-state index contributed by atoms with van der Waals surface area (Å²) in [4.78, 5) is 0. The van der Waals surface area contributed by atoms with Crippen molar-refractivity contribution in [1.29, 1.82) is 0 Å². The highest BCUT2D eigenvalue weighted by molar-refractivity contribution is 6.18. The largest absolute Gasteiger partial charge is 0.488 e. The molecule has 51 valence electrons. The second kappa shape index (κ2) is 2.31. The lowest BCUT2D eigenvalue weighted by atomic mass is 9.97. The van der Waals surface area contributed by atoms with Crippen LogP contribution in [0.3, 0.4) is 0 Å². The van der Waals surface area contributed by atoms with Gasteiger partial charge in [0.05, 0.1) is 5.60 Å². The molecule has 0 saturated carbocycles. The van der Waals surface area contributed by atoms with Gasteiger partial charge >= 0.3 is 7.69 Å². The summed E-state index contributed by atoms with van der Waals surface area (Å²) in [5, 5.41) is 0. The molecule has 0 aromatic carbocycles. The highest BCUT2D eigenvalue weighted by Crippen LogP contribution is 2.21. The molecule has 9 heavy (non-hydrogen) atoms. The highest BCUT2D eigenvalue weighted by Gasteiger charge is 2.27. The van der Waals surface area contributed by atoms with Crippen LogP contribution in [0.1, 0.15) is 27.2 Å². The molecule has 1 aliphatic heterocycles. The summed E-state index contributed by atoms with van der Waals surface area (Å²) in [5.41, 5.74) is -0.0301. The van der Waals surface area contributed by atoms with Crippen LogP contribution in [0.4, 0.5) is 0 Å². The van der Waals surface area contributed by atoms with E-state index in [2.05, 4.69) is 13.8 Å². The van der Waals surface area contributed by atoms with Gasteiger partial charge in [-0.05, 0) is 27.2 Å². The minimum Gasteiger partial charge on any atom is -0.411 e. The molecule has 1 fully saturated rings. The summed E-state index contributed by atoms with van der Waals surface area (Å²) in [6.07, 6.45) is 1.26. The number of hydrogen-bond acceptors (Lipinski definition) is 2. The molecular formula is C6H12BO2. The summed E-state index contributed by atoms with van der Waals surface area (Å²) < 4.78 is 10.3. The Bertz CT molecular complexity index is 103. The normalized spacial score (nSPS) is 33.4. The predicted octanol–water partition coefficient (Wildman–Crippen LogP) is 1.12. The Hall–Kier alpha value is -0.0151. The molecule has 1 rings (SSSR count). The molecule has 0 aromatic rings. The van der Waals surface area contributed by atoms with E-state index in [0.29, 0.717) is 6.10 Å². The van der Waals surface area contributed by atoms with Gasteiger partial charge in [-0.25, -0.2) is 0 Å². The smallest absolute Gasteiger partial charge is 0.411 e. The lowest BCUT2D eigenvalue weighted by molar-refractivity contribution is -0.0142. The van der Waals surface area contributed by atoms with Crippen LogP contribution in [0.25, 0.3) is 0 Å². The number of hydrogen-bond donors (Lipinski definition) is 0. The molecule has 0 unspecified atom stereocenters. The van der Waals surface area contributed by atoms with Gasteiger partial charge in [0.25, 0.3) is 0 Å². The molecule has 1 atom stereocenters. The van der Waals surface area contributed by atoms with E-state index in [9.17, 15) is 0 Å². The fourth-order valence-electron chi connectivity index (χ4n) is 1.04. The second-order valence-corrected chi connectivity index (χ2v) is 3.12. The van der Waals surface area contributed by atoms with Crippen LogP contribution in [0.5, 0.6) is 0 Å². The zero-order chi connectivity index (χ0) is 6.91. The Labute approximate surface area is 56.8 Å². The Morgan fingerprint density at radius 3 is 2.56 bits per heavy atom. The molecular weight excluding hydrogens is 115 g/mol. The van der Waals surface area contributed by atoms with E-state index in [0.717, 1.165) is 6.42 Å². The van der Waals surface area contributed by atoms with Crippen molar-refractivity contribution in [1.82, 2.24) is 0 Å². The van der Waals surface area contributed by atoms with Gasteiger partial charge < -0.3 is 9.31 Å². The quantitative estimate of drug-likeness (QED) is 0.454. The molecule has 0 aromatic heterocycles. The average Bonchev–Trinajstić information content (AvgIpc) is 1.60. The van der Waals surface area contributed by atoms with Crippen molar-refractivity contribution in [3.8, 4) is 0 Å². The van der Waals surface area contributed by atoms with Gasteiger partial charge in [0.15, 0.2) is 0 Å². The summed E-state index contributed by atoms with van der Waals surface area (Å²) in [6.45, 7) is 6.16. The van der Waals surface area contributed by atoms with E-state index < -0.39 is 0 Å². The first-order chi connectivity index (χ1) is 4.10. The summed E-state index contributed by atoms with van der Waals surface area (Å²) in [7, 11) is 1.44. The van der Waals surface area contributed by atoms with E-state index >= 15 is 0 Å². The SMILES string of the molecule is C[C@H]1CC(C)(C)O[B]O1. The van der Waals surface area contributed by atoms with Crippen molar-refractivity contribution in [2.75, 3.05) is 0 Å². The van der Waals surface area contributed by atoms with Gasteiger partial charge in [0.2, 0.25) is 0 Å². The van der Waals surface area contributed by atoms with Crippen LogP contribution in [-0.4, -0.2) is 19.4 Å². The van der Waals surface area contributed by atoms with Crippen molar-refractivity contribution in [3.05, 3.63) is 0 Å². The molecule has 1 heterocycles. The topological polar surface area (TPSA) is 18.5 Å². The first-order valence-electron chi connectivity index (χ1n) is 3.25. The molecule has 0 spiro atoms. The Balaban J connectivity index is 2.41. The van der Waals surface area contributed by atoms with Gasteiger partial charge in [0, 0.05) is 6.10 Å². The third kappa shape index (κ3) is 1.99. The molecule has 3 heteroatoms.